The van der Waals surface area contributed by atoms with Gasteiger partial charge in [-0.15, -0.1) is 0 Å². The molecule has 3 N–H and O–H groups in total. The molecule has 0 bridgehead atoms. The van der Waals surface area contributed by atoms with Gasteiger partial charge in [0.05, 0.1) is 0 Å². The fourth-order valence-corrected chi connectivity index (χ4v) is 2.80. The van der Waals surface area contributed by atoms with Crippen molar-refractivity contribution in [3.63, 3.8) is 0 Å². The first kappa shape index (κ1) is 13.6. The molecular formula is C16H26N2. The minimum Gasteiger partial charge on any atom is -0.324 e. The summed E-state index contributed by atoms with van der Waals surface area (Å²) in [6, 6.07) is 11.4. The van der Waals surface area contributed by atoms with Crippen molar-refractivity contribution in [1.82, 2.24) is 5.32 Å². The van der Waals surface area contributed by atoms with E-state index in [1.165, 1.54) is 44.1 Å². The quantitative estimate of drug-likeness (QED) is 0.755. The van der Waals surface area contributed by atoms with E-state index in [0.717, 1.165) is 19.0 Å². The van der Waals surface area contributed by atoms with Crippen LogP contribution in [0.15, 0.2) is 30.3 Å². The van der Waals surface area contributed by atoms with Gasteiger partial charge in [0.1, 0.15) is 0 Å². The van der Waals surface area contributed by atoms with Gasteiger partial charge in [0.25, 0.3) is 0 Å². The molecule has 1 atom stereocenters. The second-order valence-electron chi connectivity index (χ2n) is 5.45. The third-order valence-electron chi connectivity index (χ3n) is 3.96. The van der Waals surface area contributed by atoms with Gasteiger partial charge < -0.3 is 11.1 Å². The minimum atomic E-state index is 0.194. The van der Waals surface area contributed by atoms with Crippen LogP contribution < -0.4 is 11.1 Å². The Morgan fingerprint density at radius 3 is 2.56 bits per heavy atom. The first-order chi connectivity index (χ1) is 8.86. The first-order valence-electron chi connectivity index (χ1n) is 7.40. The van der Waals surface area contributed by atoms with Crippen molar-refractivity contribution in [3.8, 4) is 0 Å². The molecule has 0 radical (unpaired) electrons. The van der Waals surface area contributed by atoms with Crippen LogP contribution in [0.2, 0.25) is 0 Å². The van der Waals surface area contributed by atoms with Crippen LogP contribution in [0.25, 0.3) is 0 Å². The summed E-state index contributed by atoms with van der Waals surface area (Å²) in [4.78, 5) is 0. The molecule has 18 heavy (non-hydrogen) atoms. The maximum absolute atomic E-state index is 6.19. The van der Waals surface area contributed by atoms with E-state index in [0.29, 0.717) is 0 Å². The van der Waals surface area contributed by atoms with E-state index in [9.17, 15) is 0 Å². The molecule has 2 nitrogen and oxygen atoms in total. The number of nitrogens with one attached hydrogen (secondary N) is 1. The number of benzene rings is 1. The average molecular weight is 246 g/mol. The average Bonchev–Trinajstić information content (AvgIpc) is 2.45. The van der Waals surface area contributed by atoms with Gasteiger partial charge in [-0.25, -0.2) is 0 Å². The largest absolute Gasteiger partial charge is 0.324 e. The molecule has 0 aromatic heterocycles. The molecular weight excluding hydrogens is 220 g/mol. The van der Waals surface area contributed by atoms with Gasteiger partial charge in [-0.05, 0) is 37.8 Å². The molecule has 1 fully saturated rings. The van der Waals surface area contributed by atoms with Gasteiger partial charge >= 0.3 is 0 Å². The second-order valence-corrected chi connectivity index (χ2v) is 5.45. The van der Waals surface area contributed by atoms with Gasteiger partial charge in [-0.1, -0.05) is 49.6 Å². The molecule has 2 rings (SSSR count). The Kier molecular flexibility index (Phi) is 5.69. The highest BCUT2D eigenvalue weighted by Gasteiger charge is 2.12. The molecule has 0 aliphatic heterocycles. The highest BCUT2D eigenvalue weighted by atomic mass is 14.9. The lowest BCUT2D eigenvalue weighted by molar-refractivity contribution is 0.368. The molecule has 0 amide bonds. The summed E-state index contributed by atoms with van der Waals surface area (Å²) < 4.78 is 0. The second kappa shape index (κ2) is 7.55. The van der Waals surface area contributed by atoms with Crippen molar-refractivity contribution in [2.24, 2.45) is 5.73 Å². The molecule has 1 aliphatic rings. The predicted octanol–water partition coefficient (Wildman–Crippen LogP) is 3.39. The van der Waals surface area contributed by atoms with E-state index in [-0.39, 0.29) is 6.04 Å². The number of rotatable bonds is 6. The van der Waals surface area contributed by atoms with Gasteiger partial charge in [-0.3, -0.25) is 0 Å². The molecule has 0 heterocycles. The van der Waals surface area contributed by atoms with E-state index in [1.54, 1.807) is 0 Å². The van der Waals surface area contributed by atoms with Gasteiger partial charge in [0, 0.05) is 12.1 Å². The Bertz CT molecular complexity index is 317. The summed E-state index contributed by atoms with van der Waals surface area (Å²) >= 11 is 0. The van der Waals surface area contributed by atoms with Crippen molar-refractivity contribution in [2.45, 2.75) is 57.0 Å². The van der Waals surface area contributed by atoms with Crippen molar-refractivity contribution in [3.05, 3.63) is 35.9 Å². The van der Waals surface area contributed by atoms with Crippen LogP contribution in [0, 0.1) is 0 Å². The Labute approximate surface area is 111 Å². The monoisotopic (exact) mass is 246 g/mol. The van der Waals surface area contributed by atoms with Crippen LogP contribution in [-0.4, -0.2) is 12.6 Å². The van der Waals surface area contributed by atoms with Crippen LogP contribution in [-0.2, 0) is 0 Å². The topological polar surface area (TPSA) is 38.0 Å². The standard InChI is InChI=1S/C16H26N2/c17-16(14-8-3-1-4-9-14)12-7-13-18-15-10-5-2-6-11-15/h1,3-4,8-9,15-16,18H,2,5-7,10-13,17H2. The summed E-state index contributed by atoms with van der Waals surface area (Å²) in [6.45, 7) is 1.12. The van der Waals surface area contributed by atoms with E-state index in [1.807, 2.05) is 6.07 Å². The number of hydrogen-bond acceptors (Lipinski definition) is 2. The van der Waals surface area contributed by atoms with Crippen molar-refractivity contribution >= 4 is 0 Å². The van der Waals surface area contributed by atoms with Gasteiger partial charge in [-0.2, -0.15) is 0 Å². The molecule has 1 aliphatic carbocycles. The lowest BCUT2D eigenvalue weighted by Crippen LogP contribution is -2.32. The van der Waals surface area contributed by atoms with E-state index in [2.05, 4.69) is 29.6 Å². The SMILES string of the molecule is NC(CCCNC1CCCCC1)c1ccccc1. The van der Waals surface area contributed by atoms with Crippen LogP contribution in [0.3, 0.4) is 0 Å². The molecule has 0 saturated heterocycles. The molecule has 0 spiro atoms. The summed E-state index contributed by atoms with van der Waals surface area (Å²) in [6.07, 6.45) is 9.21. The molecule has 1 saturated carbocycles. The zero-order valence-electron chi connectivity index (χ0n) is 11.3. The van der Waals surface area contributed by atoms with Crippen LogP contribution in [0.4, 0.5) is 0 Å². The predicted molar refractivity (Wildman–Crippen MR) is 77.5 cm³/mol. The highest BCUT2D eigenvalue weighted by molar-refractivity contribution is 5.18. The lowest BCUT2D eigenvalue weighted by atomic mass is 9.95. The molecule has 100 valence electrons. The highest BCUT2D eigenvalue weighted by Crippen LogP contribution is 2.18. The third kappa shape index (κ3) is 4.43. The van der Waals surface area contributed by atoms with E-state index in [4.69, 9.17) is 5.73 Å². The fraction of sp³-hybridized carbons (Fsp3) is 0.625. The maximum atomic E-state index is 6.19. The molecule has 1 aromatic rings. The third-order valence-corrected chi connectivity index (χ3v) is 3.96. The summed E-state index contributed by atoms with van der Waals surface area (Å²) in [5, 5.41) is 3.67. The molecule has 1 unspecified atom stereocenters. The van der Waals surface area contributed by atoms with E-state index < -0.39 is 0 Å². The zero-order valence-corrected chi connectivity index (χ0v) is 11.3. The van der Waals surface area contributed by atoms with Crippen LogP contribution in [0.5, 0.6) is 0 Å². The van der Waals surface area contributed by atoms with E-state index >= 15 is 0 Å². The molecule has 1 aromatic carbocycles. The zero-order chi connectivity index (χ0) is 12.6. The Balaban J connectivity index is 1.60. The van der Waals surface area contributed by atoms with Crippen molar-refractivity contribution in [1.29, 1.82) is 0 Å². The maximum Gasteiger partial charge on any atom is 0.0295 e. The summed E-state index contributed by atoms with van der Waals surface area (Å²) in [5.74, 6) is 0. The number of hydrogen-bond donors (Lipinski definition) is 2. The minimum absolute atomic E-state index is 0.194. The smallest absolute Gasteiger partial charge is 0.0295 e. The lowest BCUT2D eigenvalue weighted by Gasteiger charge is -2.23. The Hall–Kier alpha value is -0.860. The first-order valence-corrected chi connectivity index (χ1v) is 7.40. The molecule has 2 heteroatoms. The van der Waals surface area contributed by atoms with Gasteiger partial charge in [0.2, 0.25) is 0 Å². The number of nitrogens with two attached hydrogens (primary N) is 1. The van der Waals surface area contributed by atoms with Crippen molar-refractivity contribution < 1.29 is 0 Å². The van der Waals surface area contributed by atoms with Crippen molar-refractivity contribution in [2.75, 3.05) is 6.54 Å². The Morgan fingerprint density at radius 1 is 1.11 bits per heavy atom. The Morgan fingerprint density at radius 2 is 1.83 bits per heavy atom. The van der Waals surface area contributed by atoms with Crippen LogP contribution in [0.1, 0.15) is 56.6 Å². The fourth-order valence-electron chi connectivity index (χ4n) is 2.80. The summed E-state index contributed by atoms with van der Waals surface area (Å²) in [5.41, 5.74) is 7.45. The van der Waals surface area contributed by atoms with Gasteiger partial charge in [0.15, 0.2) is 0 Å². The van der Waals surface area contributed by atoms with Crippen LogP contribution >= 0.6 is 0 Å². The summed E-state index contributed by atoms with van der Waals surface area (Å²) in [7, 11) is 0. The normalized spacial score (nSPS) is 18.7.